The van der Waals surface area contributed by atoms with Crippen molar-refractivity contribution >= 4 is 11.3 Å². The zero-order chi connectivity index (χ0) is 12.3. The molecule has 3 atom stereocenters. The van der Waals surface area contributed by atoms with Crippen molar-refractivity contribution in [2.45, 2.75) is 65.0 Å². The van der Waals surface area contributed by atoms with Gasteiger partial charge in [-0.3, -0.25) is 0 Å². The Morgan fingerprint density at radius 3 is 2.94 bits per heavy atom. The molecule has 1 fully saturated rings. The molecule has 3 unspecified atom stereocenters. The molecular formula is C15H25NS. The van der Waals surface area contributed by atoms with E-state index in [1.165, 1.54) is 42.5 Å². The van der Waals surface area contributed by atoms with Crippen LogP contribution in [0.15, 0.2) is 11.4 Å². The van der Waals surface area contributed by atoms with Gasteiger partial charge in [0.25, 0.3) is 0 Å². The van der Waals surface area contributed by atoms with Gasteiger partial charge in [0.15, 0.2) is 0 Å². The molecule has 0 saturated heterocycles. The van der Waals surface area contributed by atoms with Crippen molar-refractivity contribution in [3.8, 4) is 0 Å². The van der Waals surface area contributed by atoms with Gasteiger partial charge in [-0.1, -0.05) is 26.2 Å². The molecule has 2 rings (SSSR count). The molecule has 1 aliphatic carbocycles. The summed E-state index contributed by atoms with van der Waals surface area (Å²) in [6, 6.07) is 3.49. The number of thiophene rings is 1. The molecule has 1 aromatic rings. The first-order chi connectivity index (χ1) is 8.20. The normalized spacial score (nSPS) is 27.0. The van der Waals surface area contributed by atoms with Gasteiger partial charge in [-0.05, 0) is 49.6 Å². The molecule has 1 N–H and O–H groups in total. The number of hydrogen-bond donors (Lipinski definition) is 1. The number of nitrogens with one attached hydrogen (secondary N) is 1. The van der Waals surface area contributed by atoms with E-state index in [4.69, 9.17) is 0 Å². The molecule has 0 aromatic carbocycles. The highest BCUT2D eigenvalue weighted by molar-refractivity contribution is 7.10. The van der Waals surface area contributed by atoms with Gasteiger partial charge < -0.3 is 5.32 Å². The lowest BCUT2D eigenvalue weighted by molar-refractivity contribution is 0.266. The summed E-state index contributed by atoms with van der Waals surface area (Å²) in [6.45, 7) is 6.87. The molecule has 0 aliphatic heterocycles. The molecule has 1 aliphatic rings. The van der Waals surface area contributed by atoms with Gasteiger partial charge in [0.1, 0.15) is 0 Å². The Bertz CT molecular complexity index is 344. The predicted octanol–water partition coefficient (Wildman–Crippen LogP) is 4.68. The molecule has 17 heavy (non-hydrogen) atoms. The van der Waals surface area contributed by atoms with E-state index < -0.39 is 0 Å². The molecule has 0 radical (unpaired) electrons. The molecule has 0 bridgehead atoms. The van der Waals surface area contributed by atoms with Gasteiger partial charge in [0, 0.05) is 17.0 Å². The fraction of sp³-hybridized carbons (Fsp3) is 0.733. The van der Waals surface area contributed by atoms with Gasteiger partial charge in [0.2, 0.25) is 0 Å². The maximum Gasteiger partial charge on any atom is 0.0390 e. The molecule has 1 aromatic heterocycles. The maximum atomic E-state index is 3.84. The Balaban J connectivity index is 1.90. The first kappa shape index (κ1) is 13.1. The maximum absolute atomic E-state index is 3.84. The third-order valence-corrected chi connectivity index (χ3v) is 5.34. The third kappa shape index (κ3) is 3.32. The van der Waals surface area contributed by atoms with Crippen LogP contribution in [0, 0.1) is 12.8 Å². The first-order valence-electron chi connectivity index (χ1n) is 7.00. The second kappa shape index (κ2) is 6.01. The fourth-order valence-corrected chi connectivity index (χ4v) is 4.02. The quantitative estimate of drug-likeness (QED) is 0.819. The van der Waals surface area contributed by atoms with Crippen molar-refractivity contribution in [1.29, 1.82) is 0 Å². The Labute approximate surface area is 110 Å². The van der Waals surface area contributed by atoms with E-state index in [0.29, 0.717) is 6.04 Å². The molecule has 0 spiro atoms. The van der Waals surface area contributed by atoms with Gasteiger partial charge >= 0.3 is 0 Å². The molecule has 1 heterocycles. The summed E-state index contributed by atoms with van der Waals surface area (Å²) < 4.78 is 0. The second-order valence-electron chi connectivity index (χ2n) is 5.49. The minimum Gasteiger partial charge on any atom is -0.307 e. The molecule has 0 amide bonds. The average molecular weight is 251 g/mol. The summed E-state index contributed by atoms with van der Waals surface area (Å²) in [4.78, 5) is 1.52. The lowest BCUT2D eigenvalue weighted by Gasteiger charge is -2.31. The van der Waals surface area contributed by atoms with Crippen LogP contribution in [-0.4, -0.2) is 6.04 Å². The smallest absolute Gasteiger partial charge is 0.0390 e. The second-order valence-corrected chi connectivity index (χ2v) is 6.44. The Kier molecular flexibility index (Phi) is 4.63. The number of rotatable bonds is 4. The van der Waals surface area contributed by atoms with E-state index in [0.717, 1.165) is 12.0 Å². The first-order valence-corrected chi connectivity index (χ1v) is 7.88. The zero-order valence-electron chi connectivity index (χ0n) is 11.3. The van der Waals surface area contributed by atoms with E-state index in [1.54, 1.807) is 0 Å². The Hall–Kier alpha value is -0.340. The summed E-state index contributed by atoms with van der Waals surface area (Å²) in [6.07, 6.45) is 6.95. The van der Waals surface area contributed by atoms with Gasteiger partial charge in [-0.25, -0.2) is 0 Å². The predicted molar refractivity (Wildman–Crippen MR) is 76.6 cm³/mol. The largest absolute Gasteiger partial charge is 0.307 e. The van der Waals surface area contributed by atoms with Crippen LogP contribution in [0.3, 0.4) is 0 Å². The van der Waals surface area contributed by atoms with E-state index in [9.17, 15) is 0 Å². The van der Waals surface area contributed by atoms with Gasteiger partial charge in [0.05, 0.1) is 0 Å². The highest BCUT2D eigenvalue weighted by atomic mass is 32.1. The van der Waals surface area contributed by atoms with Crippen molar-refractivity contribution < 1.29 is 0 Å². The van der Waals surface area contributed by atoms with Crippen molar-refractivity contribution in [3.63, 3.8) is 0 Å². The summed E-state index contributed by atoms with van der Waals surface area (Å²) in [5.74, 6) is 0.956. The molecule has 1 nitrogen and oxygen atoms in total. The van der Waals surface area contributed by atoms with Crippen LogP contribution in [0.1, 0.15) is 62.4 Å². The summed E-state index contributed by atoms with van der Waals surface area (Å²) in [5.41, 5.74) is 1.44. The van der Waals surface area contributed by atoms with E-state index in [1.807, 2.05) is 11.3 Å². The van der Waals surface area contributed by atoms with Crippen molar-refractivity contribution in [3.05, 3.63) is 21.9 Å². The van der Waals surface area contributed by atoms with Gasteiger partial charge in [-0.2, -0.15) is 0 Å². The van der Waals surface area contributed by atoms with Crippen molar-refractivity contribution in [2.24, 2.45) is 5.92 Å². The molecule has 2 heteroatoms. The highest BCUT2D eigenvalue weighted by Crippen LogP contribution is 2.30. The van der Waals surface area contributed by atoms with Gasteiger partial charge in [-0.15, -0.1) is 11.3 Å². The summed E-state index contributed by atoms with van der Waals surface area (Å²) in [5, 5.41) is 6.04. The minimum absolute atomic E-state index is 0.524. The van der Waals surface area contributed by atoms with E-state index >= 15 is 0 Å². The van der Waals surface area contributed by atoms with Crippen LogP contribution in [0.2, 0.25) is 0 Å². The van der Waals surface area contributed by atoms with Crippen molar-refractivity contribution in [2.75, 3.05) is 0 Å². The fourth-order valence-electron chi connectivity index (χ4n) is 3.07. The zero-order valence-corrected chi connectivity index (χ0v) is 12.1. The molecule has 96 valence electrons. The standard InChI is InChI=1S/C15H25NS/c1-4-13-6-5-7-14(10-13)16-12(3)15-11(2)8-9-17-15/h8-9,12-14,16H,4-7,10H2,1-3H3. The van der Waals surface area contributed by atoms with Crippen LogP contribution in [-0.2, 0) is 0 Å². The van der Waals surface area contributed by atoms with Crippen LogP contribution < -0.4 is 5.32 Å². The van der Waals surface area contributed by atoms with E-state index in [2.05, 4.69) is 37.5 Å². The topological polar surface area (TPSA) is 12.0 Å². The summed E-state index contributed by atoms with van der Waals surface area (Å²) in [7, 11) is 0. The Morgan fingerprint density at radius 1 is 1.47 bits per heavy atom. The van der Waals surface area contributed by atoms with Crippen LogP contribution in [0.4, 0.5) is 0 Å². The minimum atomic E-state index is 0.524. The Morgan fingerprint density at radius 2 is 2.29 bits per heavy atom. The van der Waals surface area contributed by atoms with Crippen LogP contribution in [0.25, 0.3) is 0 Å². The number of aryl methyl sites for hydroxylation is 1. The molecule has 1 saturated carbocycles. The highest BCUT2D eigenvalue weighted by Gasteiger charge is 2.22. The third-order valence-electron chi connectivity index (χ3n) is 4.14. The van der Waals surface area contributed by atoms with Crippen molar-refractivity contribution in [1.82, 2.24) is 5.32 Å². The number of hydrogen-bond acceptors (Lipinski definition) is 2. The average Bonchev–Trinajstić information content (AvgIpc) is 2.76. The summed E-state index contributed by atoms with van der Waals surface area (Å²) >= 11 is 1.89. The van der Waals surface area contributed by atoms with Crippen LogP contribution >= 0.6 is 11.3 Å². The molecular weight excluding hydrogens is 226 g/mol. The van der Waals surface area contributed by atoms with E-state index in [-0.39, 0.29) is 0 Å². The lowest BCUT2D eigenvalue weighted by Crippen LogP contribution is -2.35. The van der Waals surface area contributed by atoms with Crippen LogP contribution in [0.5, 0.6) is 0 Å². The SMILES string of the molecule is CCC1CCCC(NC(C)c2sccc2C)C1. The lowest BCUT2D eigenvalue weighted by atomic mass is 9.84. The monoisotopic (exact) mass is 251 g/mol.